The molecule has 1 saturated heterocycles. The van der Waals surface area contributed by atoms with Gasteiger partial charge in [0.05, 0.1) is 0 Å². The summed E-state index contributed by atoms with van der Waals surface area (Å²) >= 11 is 0. The quantitative estimate of drug-likeness (QED) is 0.824. The minimum absolute atomic E-state index is 0.773. The Morgan fingerprint density at radius 2 is 1.80 bits per heavy atom. The highest BCUT2D eigenvalue weighted by Gasteiger charge is 2.31. The molecule has 0 radical (unpaired) electrons. The van der Waals surface area contributed by atoms with Crippen molar-refractivity contribution in [3.05, 3.63) is 0 Å². The van der Waals surface area contributed by atoms with Crippen molar-refractivity contribution < 1.29 is 0 Å². The smallest absolute Gasteiger partial charge is 0.0100 e. The SMILES string of the molecule is CC(C)CNCC1CCCN(C2CC(C)CC(C)C2)C1. The molecule has 1 saturated carbocycles. The Balaban J connectivity index is 1.77. The zero-order valence-corrected chi connectivity index (χ0v) is 14.2. The van der Waals surface area contributed by atoms with Gasteiger partial charge in [-0.05, 0) is 75.4 Å². The highest BCUT2D eigenvalue weighted by atomic mass is 15.2. The summed E-state index contributed by atoms with van der Waals surface area (Å²) in [4.78, 5) is 2.83. The van der Waals surface area contributed by atoms with Crippen molar-refractivity contribution in [2.75, 3.05) is 26.2 Å². The standard InChI is InChI=1S/C18H36N2/c1-14(2)11-19-12-17-6-5-7-20(13-17)18-9-15(3)8-16(4)10-18/h14-19H,5-13H2,1-4H3. The summed E-state index contributed by atoms with van der Waals surface area (Å²) in [6, 6.07) is 0.877. The van der Waals surface area contributed by atoms with E-state index in [-0.39, 0.29) is 0 Å². The molecule has 2 nitrogen and oxygen atoms in total. The molecule has 0 aromatic rings. The second-order valence-electron chi connectivity index (χ2n) is 8.13. The van der Waals surface area contributed by atoms with E-state index in [0.29, 0.717) is 0 Å². The maximum atomic E-state index is 3.67. The van der Waals surface area contributed by atoms with Gasteiger partial charge >= 0.3 is 0 Å². The summed E-state index contributed by atoms with van der Waals surface area (Å²) in [6.07, 6.45) is 7.17. The first-order valence-corrected chi connectivity index (χ1v) is 8.99. The summed E-state index contributed by atoms with van der Waals surface area (Å²) in [7, 11) is 0. The minimum atomic E-state index is 0.773. The van der Waals surface area contributed by atoms with Crippen LogP contribution in [-0.2, 0) is 0 Å². The summed E-state index contributed by atoms with van der Waals surface area (Å²) in [5.74, 6) is 3.52. The van der Waals surface area contributed by atoms with Crippen LogP contribution < -0.4 is 5.32 Å². The van der Waals surface area contributed by atoms with E-state index in [2.05, 4.69) is 37.9 Å². The molecule has 2 heteroatoms. The molecule has 1 N–H and O–H groups in total. The number of rotatable bonds is 5. The van der Waals surface area contributed by atoms with Gasteiger partial charge in [0.2, 0.25) is 0 Å². The van der Waals surface area contributed by atoms with Crippen LogP contribution in [0.3, 0.4) is 0 Å². The highest BCUT2D eigenvalue weighted by Crippen LogP contribution is 2.33. The molecular formula is C18H36N2. The molecule has 2 aliphatic rings. The maximum Gasteiger partial charge on any atom is 0.0100 e. The molecular weight excluding hydrogens is 244 g/mol. The third-order valence-electron chi connectivity index (χ3n) is 5.21. The second kappa shape index (κ2) is 7.79. The Morgan fingerprint density at radius 3 is 2.45 bits per heavy atom. The minimum Gasteiger partial charge on any atom is -0.316 e. The fraction of sp³-hybridized carbons (Fsp3) is 1.00. The van der Waals surface area contributed by atoms with Crippen LogP contribution in [0.4, 0.5) is 0 Å². The van der Waals surface area contributed by atoms with Gasteiger partial charge in [-0.3, -0.25) is 0 Å². The first kappa shape index (κ1) is 16.3. The molecule has 0 bridgehead atoms. The normalized spacial score (nSPS) is 36.5. The fourth-order valence-electron chi connectivity index (χ4n) is 4.37. The molecule has 3 unspecified atom stereocenters. The zero-order chi connectivity index (χ0) is 14.5. The second-order valence-corrected chi connectivity index (χ2v) is 8.13. The Bertz CT molecular complexity index is 267. The van der Waals surface area contributed by atoms with Gasteiger partial charge in [0.1, 0.15) is 0 Å². The number of nitrogens with one attached hydrogen (secondary N) is 1. The van der Waals surface area contributed by atoms with E-state index >= 15 is 0 Å². The summed E-state index contributed by atoms with van der Waals surface area (Å²) in [6.45, 7) is 14.6. The van der Waals surface area contributed by atoms with Crippen molar-refractivity contribution in [3.8, 4) is 0 Å². The first-order chi connectivity index (χ1) is 9.54. The predicted octanol–water partition coefficient (Wildman–Crippen LogP) is 3.77. The van der Waals surface area contributed by atoms with Gasteiger partial charge in [0.15, 0.2) is 0 Å². The van der Waals surface area contributed by atoms with E-state index in [9.17, 15) is 0 Å². The Morgan fingerprint density at radius 1 is 1.10 bits per heavy atom. The van der Waals surface area contributed by atoms with Crippen molar-refractivity contribution in [3.63, 3.8) is 0 Å². The zero-order valence-electron chi connectivity index (χ0n) is 14.2. The molecule has 1 heterocycles. The molecule has 20 heavy (non-hydrogen) atoms. The van der Waals surface area contributed by atoms with Crippen molar-refractivity contribution in [2.24, 2.45) is 23.7 Å². The Labute approximate surface area is 126 Å². The lowest BCUT2D eigenvalue weighted by molar-refractivity contribution is 0.0686. The summed E-state index contributed by atoms with van der Waals surface area (Å²) in [5, 5.41) is 3.67. The van der Waals surface area contributed by atoms with Crippen LogP contribution in [0.5, 0.6) is 0 Å². The van der Waals surface area contributed by atoms with Crippen LogP contribution in [-0.4, -0.2) is 37.1 Å². The van der Waals surface area contributed by atoms with Crippen molar-refractivity contribution in [1.82, 2.24) is 10.2 Å². The lowest BCUT2D eigenvalue weighted by Crippen LogP contribution is -2.47. The summed E-state index contributed by atoms with van der Waals surface area (Å²) in [5.41, 5.74) is 0. The molecule has 0 spiro atoms. The highest BCUT2D eigenvalue weighted by molar-refractivity contribution is 4.85. The van der Waals surface area contributed by atoms with E-state index in [4.69, 9.17) is 0 Å². The maximum absolute atomic E-state index is 3.67. The number of likely N-dealkylation sites (tertiary alicyclic amines) is 1. The van der Waals surface area contributed by atoms with Crippen molar-refractivity contribution in [2.45, 2.75) is 65.8 Å². The fourth-order valence-corrected chi connectivity index (χ4v) is 4.37. The van der Waals surface area contributed by atoms with Crippen LogP contribution in [0, 0.1) is 23.7 Å². The third kappa shape index (κ3) is 5.04. The van der Waals surface area contributed by atoms with Crippen molar-refractivity contribution in [1.29, 1.82) is 0 Å². The van der Waals surface area contributed by atoms with Gasteiger partial charge < -0.3 is 10.2 Å². The predicted molar refractivity (Wildman–Crippen MR) is 88.0 cm³/mol. The average molecular weight is 281 g/mol. The monoisotopic (exact) mass is 280 g/mol. The molecule has 118 valence electrons. The van der Waals surface area contributed by atoms with E-state index in [1.807, 2.05) is 0 Å². The molecule has 1 aliphatic heterocycles. The lowest BCUT2D eigenvalue weighted by atomic mass is 9.79. The molecule has 0 amide bonds. The van der Waals surface area contributed by atoms with Gasteiger partial charge in [0, 0.05) is 12.6 Å². The first-order valence-electron chi connectivity index (χ1n) is 8.99. The van der Waals surface area contributed by atoms with Crippen LogP contribution in [0.2, 0.25) is 0 Å². The number of hydrogen-bond acceptors (Lipinski definition) is 2. The van der Waals surface area contributed by atoms with Crippen molar-refractivity contribution >= 4 is 0 Å². The van der Waals surface area contributed by atoms with E-state index < -0.39 is 0 Å². The van der Waals surface area contributed by atoms with Gasteiger partial charge in [-0.1, -0.05) is 27.7 Å². The van der Waals surface area contributed by atoms with Gasteiger partial charge in [0.25, 0.3) is 0 Å². The molecule has 3 atom stereocenters. The number of nitrogens with zero attached hydrogens (tertiary/aromatic N) is 1. The number of hydrogen-bond donors (Lipinski definition) is 1. The molecule has 2 rings (SSSR count). The Hall–Kier alpha value is -0.0800. The van der Waals surface area contributed by atoms with Crippen LogP contribution in [0.25, 0.3) is 0 Å². The molecule has 1 aliphatic carbocycles. The van der Waals surface area contributed by atoms with Crippen LogP contribution in [0.1, 0.15) is 59.8 Å². The Kier molecular flexibility index (Phi) is 6.35. The van der Waals surface area contributed by atoms with E-state index in [0.717, 1.165) is 29.7 Å². The van der Waals surface area contributed by atoms with Gasteiger partial charge in [-0.15, -0.1) is 0 Å². The third-order valence-corrected chi connectivity index (χ3v) is 5.21. The van der Waals surface area contributed by atoms with E-state index in [1.54, 1.807) is 0 Å². The largest absolute Gasteiger partial charge is 0.316 e. The number of piperidine rings is 1. The summed E-state index contributed by atoms with van der Waals surface area (Å²) < 4.78 is 0. The van der Waals surface area contributed by atoms with Crippen LogP contribution >= 0.6 is 0 Å². The molecule has 2 fully saturated rings. The topological polar surface area (TPSA) is 15.3 Å². The average Bonchev–Trinajstić information content (AvgIpc) is 2.37. The lowest BCUT2D eigenvalue weighted by Gasteiger charge is -2.43. The molecule has 0 aromatic heterocycles. The molecule has 0 aromatic carbocycles. The van der Waals surface area contributed by atoms with E-state index in [1.165, 1.54) is 58.3 Å². The van der Waals surface area contributed by atoms with Gasteiger partial charge in [-0.2, -0.15) is 0 Å². The van der Waals surface area contributed by atoms with Gasteiger partial charge in [-0.25, -0.2) is 0 Å². The van der Waals surface area contributed by atoms with Crippen LogP contribution in [0.15, 0.2) is 0 Å².